The predicted octanol–water partition coefficient (Wildman–Crippen LogP) is 5.84. The highest BCUT2D eigenvalue weighted by atomic mass is 35.5. The maximum Gasteiger partial charge on any atom is 0.347 e. The molecule has 1 aliphatic rings. The standard InChI is InChI=1S/C23H28ClNO4S/c1-2-3-4-8-20(26)15-9-11-16(12-10-15)25-17(13-21(25)27)6-5-7-18-14-19(24)22(30-18)23(28)29/h9-12,14,17,20,26H,2-8,13H2,1H3,(H,28,29)/t17-,20?/m0/s1. The molecule has 2 aromatic rings. The summed E-state index contributed by atoms with van der Waals surface area (Å²) >= 11 is 7.19. The van der Waals surface area contributed by atoms with Crippen molar-refractivity contribution in [3.05, 3.63) is 50.7 Å². The van der Waals surface area contributed by atoms with Gasteiger partial charge < -0.3 is 15.1 Å². The lowest BCUT2D eigenvalue weighted by molar-refractivity contribution is -0.124. The van der Waals surface area contributed by atoms with Crippen molar-refractivity contribution in [2.24, 2.45) is 0 Å². The normalized spacial score (nSPS) is 17.1. The number of carbonyl (C=O) groups is 2. The highest BCUT2D eigenvalue weighted by molar-refractivity contribution is 7.14. The van der Waals surface area contributed by atoms with Crippen molar-refractivity contribution in [1.29, 1.82) is 0 Å². The number of aromatic carboxylic acids is 1. The molecule has 0 saturated carbocycles. The van der Waals surface area contributed by atoms with Crippen molar-refractivity contribution >= 4 is 40.5 Å². The molecule has 1 unspecified atom stereocenters. The van der Waals surface area contributed by atoms with E-state index in [1.807, 2.05) is 29.2 Å². The van der Waals surface area contributed by atoms with E-state index in [2.05, 4.69) is 6.92 Å². The number of thiophene rings is 1. The molecular formula is C23H28ClNO4S. The number of hydrogen-bond donors (Lipinski definition) is 2. The van der Waals surface area contributed by atoms with Crippen LogP contribution in [-0.4, -0.2) is 28.1 Å². The second kappa shape index (κ2) is 10.4. The number of carbonyl (C=O) groups excluding carboxylic acids is 1. The van der Waals surface area contributed by atoms with E-state index in [4.69, 9.17) is 16.7 Å². The predicted molar refractivity (Wildman–Crippen MR) is 121 cm³/mol. The molecule has 0 spiro atoms. The fourth-order valence-electron chi connectivity index (χ4n) is 3.88. The molecule has 0 aliphatic carbocycles. The van der Waals surface area contributed by atoms with E-state index >= 15 is 0 Å². The van der Waals surface area contributed by atoms with Gasteiger partial charge in [0.05, 0.1) is 11.1 Å². The van der Waals surface area contributed by atoms with E-state index in [-0.39, 0.29) is 16.8 Å². The molecule has 1 saturated heterocycles. The number of benzene rings is 1. The summed E-state index contributed by atoms with van der Waals surface area (Å²) in [4.78, 5) is 26.3. The summed E-state index contributed by atoms with van der Waals surface area (Å²) in [6, 6.07) is 9.54. The van der Waals surface area contributed by atoms with Gasteiger partial charge in [-0.25, -0.2) is 4.79 Å². The lowest BCUT2D eigenvalue weighted by atomic mass is 9.94. The molecule has 0 bridgehead atoms. The Balaban J connectivity index is 1.53. The van der Waals surface area contributed by atoms with Gasteiger partial charge >= 0.3 is 5.97 Å². The molecule has 162 valence electrons. The number of carboxylic acid groups (broad SMARTS) is 1. The minimum atomic E-state index is -0.994. The van der Waals surface area contributed by atoms with E-state index in [9.17, 15) is 14.7 Å². The van der Waals surface area contributed by atoms with Crippen LogP contribution in [0.2, 0.25) is 5.02 Å². The van der Waals surface area contributed by atoms with Crippen molar-refractivity contribution < 1.29 is 19.8 Å². The fraction of sp³-hybridized carbons (Fsp3) is 0.478. The number of aliphatic hydroxyl groups is 1. The molecule has 1 aliphatic heterocycles. The van der Waals surface area contributed by atoms with Crippen molar-refractivity contribution in [1.82, 2.24) is 0 Å². The summed E-state index contributed by atoms with van der Waals surface area (Å²) in [5.74, 6) is -0.880. The molecule has 0 radical (unpaired) electrons. The summed E-state index contributed by atoms with van der Waals surface area (Å²) < 4.78 is 0. The Kier molecular flexibility index (Phi) is 7.92. The molecule has 30 heavy (non-hydrogen) atoms. The van der Waals surface area contributed by atoms with Crippen molar-refractivity contribution in [2.45, 2.75) is 70.4 Å². The number of β-lactam (4-membered cyclic amide) rings is 1. The molecule has 3 rings (SSSR count). The van der Waals surface area contributed by atoms with Crippen LogP contribution in [0.25, 0.3) is 0 Å². The van der Waals surface area contributed by atoms with E-state index in [0.717, 1.165) is 61.1 Å². The number of aryl methyl sites for hydroxylation is 1. The summed E-state index contributed by atoms with van der Waals surface area (Å²) in [5, 5.41) is 19.7. The first-order valence-corrected chi connectivity index (χ1v) is 11.7. The molecule has 5 nitrogen and oxygen atoms in total. The first-order chi connectivity index (χ1) is 14.4. The number of nitrogens with zero attached hydrogens (tertiary/aromatic N) is 1. The Morgan fingerprint density at radius 2 is 2.00 bits per heavy atom. The minimum absolute atomic E-state index is 0.114. The van der Waals surface area contributed by atoms with Gasteiger partial charge in [0.15, 0.2) is 0 Å². The highest BCUT2D eigenvalue weighted by Gasteiger charge is 2.36. The van der Waals surface area contributed by atoms with Crippen LogP contribution in [0, 0.1) is 0 Å². The Labute approximate surface area is 186 Å². The summed E-state index contributed by atoms with van der Waals surface area (Å²) in [5.41, 5.74) is 1.76. The third-order valence-corrected chi connectivity index (χ3v) is 7.17. The Bertz CT molecular complexity index is 880. The number of aliphatic hydroxyl groups excluding tert-OH is 1. The lowest BCUT2D eigenvalue weighted by Gasteiger charge is -2.40. The quantitative estimate of drug-likeness (QED) is 0.333. The van der Waals surface area contributed by atoms with Crippen LogP contribution in [0.1, 0.15) is 78.1 Å². The number of amides is 1. The highest BCUT2D eigenvalue weighted by Crippen LogP contribution is 2.33. The molecule has 2 N–H and O–H groups in total. The minimum Gasteiger partial charge on any atom is -0.477 e. The summed E-state index contributed by atoms with van der Waals surface area (Å²) in [6.07, 6.45) is 6.56. The smallest absolute Gasteiger partial charge is 0.347 e. The summed E-state index contributed by atoms with van der Waals surface area (Å²) in [7, 11) is 0. The molecule has 1 amide bonds. The first kappa shape index (κ1) is 22.8. The van der Waals surface area contributed by atoms with Crippen LogP contribution in [-0.2, 0) is 11.2 Å². The van der Waals surface area contributed by atoms with Gasteiger partial charge in [-0.2, -0.15) is 0 Å². The molecule has 7 heteroatoms. The van der Waals surface area contributed by atoms with Crippen LogP contribution in [0.3, 0.4) is 0 Å². The topological polar surface area (TPSA) is 77.8 Å². The number of hydrogen-bond acceptors (Lipinski definition) is 4. The molecule has 1 aromatic carbocycles. The Morgan fingerprint density at radius 1 is 1.27 bits per heavy atom. The van der Waals surface area contributed by atoms with Gasteiger partial charge in [0.2, 0.25) is 5.91 Å². The van der Waals surface area contributed by atoms with Crippen molar-refractivity contribution in [2.75, 3.05) is 4.90 Å². The molecule has 2 atom stereocenters. The van der Waals surface area contributed by atoms with Gasteiger partial charge in [0.1, 0.15) is 4.88 Å². The van der Waals surface area contributed by atoms with Gasteiger partial charge in [0, 0.05) is 23.0 Å². The number of rotatable bonds is 11. The van der Waals surface area contributed by atoms with Gasteiger partial charge in [-0.1, -0.05) is 49.9 Å². The van der Waals surface area contributed by atoms with Crippen molar-refractivity contribution in [3.63, 3.8) is 0 Å². The van der Waals surface area contributed by atoms with E-state index in [1.54, 1.807) is 6.07 Å². The SMILES string of the molecule is CCCCCC(O)c1ccc(N2C(=O)C[C@@H]2CCCc2cc(Cl)c(C(=O)O)s2)cc1. The fourth-order valence-corrected chi connectivity index (χ4v) is 5.20. The second-order valence-electron chi connectivity index (χ2n) is 7.81. The van der Waals surface area contributed by atoms with Crippen molar-refractivity contribution in [3.8, 4) is 0 Å². The first-order valence-electron chi connectivity index (χ1n) is 10.5. The number of unbranched alkanes of at least 4 members (excludes halogenated alkanes) is 2. The zero-order valence-corrected chi connectivity index (χ0v) is 18.7. The van der Waals surface area contributed by atoms with Gasteiger partial charge in [-0.05, 0) is 49.4 Å². The number of anilines is 1. The van der Waals surface area contributed by atoms with Crippen LogP contribution in [0.4, 0.5) is 5.69 Å². The molecule has 1 fully saturated rings. The average Bonchev–Trinajstić information content (AvgIpc) is 3.08. The zero-order valence-electron chi connectivity index (χ0n) is 17.1. The third kappa shape index (κ3) is 5.42. The molecular weight excluding hydrogens is 422 g/mol. The van der Waals surface area contributed by atoms with Crippen LogP contribution in [0.15, 0.2) is 30.3 Å². The average molecular weight is 450 g/mol. The van der Waals surface area contributed by atoms with E-state index in [1.165, 1.54) is 11.3 Å². The van der Waals surface area contributed by atoms with E-state index < -0.39 is 12.1 Å². The number of halogens is 1. The molecule has 2 heterocycles. The molecule has 1 aromatic heterocycles. The van der Waals surface area contributed by atoms with Gasteiger partial charge in [0.25, 0.3) is 0 Å². The van der Waals surface area contributed by atoms with Gasteiger partial charge in [-0.3, -0.25) is 4.79 Å². The number of carboxylic acids is 1. The van der Waals surface area contributed by atoms with Gasteiger partial charge in [-0.15, -0.1) is 11.3 Å². The monoisotopic (exact) mass is 449 g/mol. The van der Waals surface area contributed by atoms with Crippen LogP contribution in [0.5, 0.6) is 0 Å². The Morgan fingerprint density at radius 3 is 2.60 bits per heavy atom. The maximum atomic E-state index is 12.2. The van der Waals surface area contributed by atoms with Crippen LogP contribution >= 0.6 is 22.9 Å². The van der Waals surface area contributed by atoms with Crippen LogP contribution < -0.4 is 4.90 Å². The third-order valence-electron chi connectivity index (χ3n) is 5.57. The lowest BCUT2D eigenvalue weighted by Crippen LogP contribution is -2.52. The summed E-state index contributed by atoms with van der Waals surface area (Å²) in [6.45, 7) is 2.14. The zero-order chi connectivity index (χ0) is 21.7. The largest absolute Gasteiger partial charge is 0.477 e. The second-order valence-corrected chi connectivity index (χ2v) is 9.36. The van der Waals surface area contributed by atoms with E-state index in [0.29, 0.717) is 11.4 Å². The maximum absolute atomic E-state index is 12.2. The Hall–Kier alpha value is -1.89.